The van der Waals surface area contributed by atoms with Gasteiger partial charge in [0.2, 0.25) is 11.8 Å². The molecule has 1 aromatic carbocycles. The number of methoxy groups -OCH3 is 1. The Morgan fingerprint density at radius 3 is 2.97 bits per heavy atom. The lowest BCUT2D eigenvalue weighted by molar-refractivity contribution is -0.125. The summed E-state index contributed by atoms with van der Waals surface area (Å²) in [4.78, 5) is 30.5. The number of rotatable bonds is 4. The van der Waals surface area contributed by atoms with Gasteiger partial charge in [-0.3, -0.25) is 9.59 Å². The Morgan fingerprint density at radius 2 is 2.12 bits per heavy atom. The maximum Gasteiger partial charge on any atom is 0.246 e. The predicted molar refractivity (Wildman–Crippen MR) is 120 cm³/mol. The zero-order valence-electron chi connectivity index (χ0n) is 17.9. The summed E-state index contributed by atoms with van der Waals surface area (Å²) in [6.07, 6.45) is 8.25. The van der Waals surface area contributed by atoms with E-state index in [4.69, 9.17) is 4.74 Å². The van der Waals surface area contributed by atoms with Crippen molar-refractivity contribution in [2.45, 2.75) is 19.4 Å². The van der Waals surface area contributed by atoms with Crippen LogP contribution in [-0.4, -0.2) is 48.4 Å². The highest BCUT2D eigenvalue weighted by Crippen LogP contribution is 2.31. The number of aromatic nitrogens is 1. The maximum atomic E-state index is 13.8. The van der Waals surface area contributed by atoms with Gasteiger partial charge in [-0.1, -0.05) is 6.08 Å². The zero-order chi connectivity index (χ0) is 22.5. The first-order chi connectivity index (χ1) is 15.5. The van der Waals surface area contributed by atoms with E-state index in [1.54, 1.807) is 36.4 Å². The van der Waals surface area contributed by atoms with E-state index in [9.17, 15) is 14.0 Å². The molecule has 32 heavy (non-hydrogen) atoms. The van der Waals surface area contributed by atoms with Gasteiger partial charge in [-0.25, -0.2) is 9.37 Å². The SMILES string of the molecule is COc1ccc(F)cc1C1=CCCN(C(=O)/C=C/c2cnc3c(c2)CNCC(=O)N3)CC1. The quantitative estimate of drug-likeness (QED) is 0.720. The largest absolute Gasteiger partial charge is 0.496 e. The second kappa shape index (κ2) is 9.74. The van der Waals surface area contributed by atoms with E-state index >= 15 is 0 Å². The number of amides is 2. The Balaban J connectivity index is 1.41. The lowest BCUT2D eigenvalue weighted by atomic mass is 10.0. The lowest BCUT2D eigenvalue weighted by Crippen LogP contribution is -2.30. The van der Waals surface area contributed by atoms with Crippen molar-refractivity contribution in [3.63, 3.8) is 0 Å². The predicted octanol–water partition coefficient (Wildman–Crippen LogP) is 2.99. The molecule has 0 spiro atoms. The number of fused-ring (bicyclic) bond motifs is 1. The number of pyridine rings is 1. The van der Waals surface area contributed by atoms with E-state index in [1.807, 2.05) is 12.1 Å². The summed E-state index contributed by atoms with van der Waals surface area (Å²) in [5, 5.41) is 5.80. The van der Waals surface area contributed by atoms with Crippen LogP contribution in [0, 0.1) is 5.82 Å². The second-order valence-electron chi connectivity index (χ2n) is 7.70. The molecule has 2 aliphatic rings. The van der Waals surface area contributed by atoms with Crippen LogP contribution in [0.15, 0.2) is 42.6 Å². The summed E-state index contributed by atoms with van der Waals surface area (Å²) >= 11 is 0. The topological polar surface area (TPSA) is 83.6 Å². The first-order valence-electron chi connectivity index (χ1n) is 10.5. The molecule has 0 unspecified atom stereocenters. The molecule has 4 rings (SSSR count). The number of nitrogens with zero attached hydrogens (tertiary/aromatic N) is 2. The fourth-order valence-electron chi connectivity index (χ4n) is 3.89. The van der Waals surface area contributed by atoms with Crippen molar-refractivity contribution >= 4 is 29.3 Å². The minimum absolute atomic E-state index is 0.0905. The number of benzene rings is 1. The first-order valence-corrected chi connectivity index (χ1v) is 10.5. The number of ether oxygens (including phenoxy) is 1. The fourth-order valence-corrected chi connectivity index (χ4v) is 3.89. The number of hydrogen-bond acceptors (Lipinski definition) is 5. The number of nitrogens with one attached hydrogen (secondary N) is 2. The normalized spacial score (nSPS) is 16.6. The van der Waals surface area contributed by atoms with Gasteiger partial charge < -0.3 is 20.3 Å². The van der Waals surface area contributed by atoms with Gasteiger partial charge in [0.05, 0.1) is 13.7 Å². The van der Waals surface area contributed by atoms with Crippen molar-refractivity contribution in [1.29, 1.82) is 0 Å². The van der Waals surface area contributed by atoms with E-state index < -0.39 is 0 Å². The van der Waals surface area contributed by atoms with Crippen molar-refractivity contribution in [1.82, 2.24) is 15.2 Å². The van der Waals surface area contributed by atoms with Crippen molar-refractivity contribution < 1.29 is 18.7 Å². The molecular weight excluding hydrogens is 411 g/mol. The number of hydrogen-bond donors (Lipinski definition) is 2. The summed E-state index contributed by atoms with van der Waals surface area (Å²) in [7, 11) is 1.57. The summed E-state index contributed by atoms with van der Waals surface area (Å²) in [6.45, 7) is 1.89. The van der Waals surface area contributed by atoms with Crippen molar-refractivity contribution in [3.05, 3.63) is 65.1 Å². The summed E-state index contributed by atoms with van der Waals surface area (Å²) in [5.74, 6) is 0.638. The minimum Gasteiger partial charge on any atom is -0.496 e. The van der Waals surface area contributed by atoms with Crippen LogP contribution >= 0.6 is 0 Å². The van der Waals surface area contributed by atoms with Crippen molar-refractivity contribution in [3.8, 4) is 5.75 Å². The van der Waals surface area contributed by atoms with Crippen molar-refractivity contribution in [2.75, 3.05) is 32.1 Å². The molecule has 0 saturated heterocycles. The molecule has 0 atom stereocenters. The highest BCUT2D eigenvalue weighted by molar-refractivity contribution is 5.93. The number of halogens is 1. The van der Waals surface area contributed by atoms with Gasteiger partial charge in [0.1, 0.15) is 17.4 Å². The van der Waals surface area contributed by atoms with Crippen LogP contribution in [-0.2, 0) is 16.1 Å². The van der Waals surface area contributed by atoms with Crippen LogP contribution in [0.25, 0.3) is 11.6 Å². The summed E-state index contributed by atoms with van der Waals surface area (Å²) < 4.78 is 19.1. The molecule has 3 heterocycles. The van der Waals surface area contributed by atoms with Gasteiger partial charge in [0.15, 0.2) is 0 Å². The van der Waals surface area contributed by atoms with Crippen LogP contribution in [0.5, 0.6) is 5.75 Å². The lowest BCUT2D eigenvalue weighted by Gasteiger charge is -2.19. The monoisotopic (exact) mass is 436 g/mol. The third kappa shape index (κ3) is 5.03. The van der Waals surface area contributed by atoms with Crippen LogP contribution < -0.4 is 15.4 Å². The van der Waals surface area contributed by atoms with E-state index in [2.05, 4.69) is 15.6 Å². The molecule has 0 radical (unpaired) electrons. The Hall–Kier alpha value is -3.52. The van der Waals surface area contributed by atoms with Gasteiger partial charge in [-0.15, -0.1) is 0 Å². The molecule has 166 valence electrons. The number of anilines is 1. The molecule has 2 amide bonds. The van der Waals surface area contributed by atoms with Gasteiger partial charge in [-0.2, -0.15) is 0 Å². The fraction of sp³-hybridized carbons (Fsp3) is 0.292. The molecule has 1 aromatic heterocycles. The van der Waals surface area contributed by atoms with E-state index in [-0.39, 0.29) is 24.2 Å². The zero-order valence-corrected chi connectivity index (χ0v) is 17.9. The maximum absolute atomic E-state index is 13.8. The average molecular weight is 436 g/mol. The molecule has 2 aliphatic heterocycles. The molecule has 0 fully saturated rings. The minimum atomic E-state index is -0.314. The third-order valence-electron chi connectivity index (χ3n) is 5.52. The van der Waals surface area contributed by atoms with Crippen LogP contribution in [0.2, 0.25) is 0 Å². The standard InChI is InChI=1S/C24H25FN4O3/c1-32-21-6-5-19(25)12-20(21)17-3-2-9-29(10-8-17)23(31)7-4-16-11-18-14-26-15-22(30)28-24(18)27-13-16/h3-7,11-13,26H,2,8-10,14-15H2,1H3,(H,27,28,30)/b7-4+. The first kappa shape index (κ1) is 21.7. The highest BCUT2D eigenvalue weighted by atomic mass is 19.1. The van der Waals surface area contributed by atoms with Crippen LogP contribution in [0.3, 0.4) is 0 Å². The molecule has 0 aliphatic carbocycles. The van der Waals surface area contributed by atoms with Crippen LogP contribution in [0.1, 0.15) is 29.5 Å². The molecule has 7 nitrogen and oxygen atoms in total. The molecule has 2 N–H and O–H groups in total. The average Bonchev–Trinajstić information content (AvgIpc) is 3.15. The van der Waals surface area contributed by atoms with Gasteiger partial charge in [0.25, 0.3) is 0 Å². The molecule has 0 saturated carbocycles. The summed E-state index contributed by atoms with van der Waals surface area (Å²) in [6, 6.07) is 6.38. The Morgan fingerprint density at radius 1 is 1.25 bits per heavy atom. The highest BCUT2D eigenvalue weighted by Gasteiger charge is 2.18. The van der Waals surface area contributed by atoms with Crippen LogP contribution in [0.4, 0.5) is 10.2 Å². The Bertz CT molecular complexity index is 1100. The Kier molecular flexibility index (Phi) is 6.61. The van der Waals surface area contributed by atoms with E-state index in [0.29, 0.717) is 44.0 Å². The molecule has 0 bridgehead atoms. The van der Waals surface area contributed by atoms with Gasteiger partial charge in [0, 0.05) is 43.0 Å². The van der Waals surface area contributed by atoms with Gasteiger partial charge in [-0.05, 0) is 54.3 Å². The molecule has 2 aromatic rings. The van der Waals surface area contributed by atoms with Crippen molar-refractivity contribution in [2.24, 2.45) is 0 Å². The Labute approximate surface area is 186 Å². The molecule has 8 heteroatoms. The molecular formula is C24H25FN4O3. The summed E-state index contributed by atoms with van der Waals surface area (Å²) in [5.41, 5.74) is 3.37. The van der Waals surface area contributed by atoms with E-state index in [0.717, 1.165) is 22.3 Å². The van der Waals surface area contributed by atoms with E-state index in [1.165, 1.54) is 12.1 Å². The number of carbonyl (C=O) groups excluding carboxylic acids is 2. The smallest absolute Gasteiger partial charge is 0.246 e. The number of carbonyl (C=O) groups is 2. The second-order valence-corrected chi connectivity index (χ2v) is 7.70. The third-order valence-corrected chi connectivity index (χ3v) is 5.52. The van der Waals surface area contributed by atoms with Gasteiger partial charge >= 0.3 is 0 Å².